The third-order valence-electron chi connectivity index (χ3n) is 4.64. The molecule has 0 spiro atoms. The Kier molecular flexibility index (Phi) is 5.08. The van der Waals surface area contributed by atoms with Crippen molar-refractivity contribution in [1.29, 1.82) is 0 Å². The Morgan fingerprint density at radius 2 is 2.08 bits per heavy atom. The summed E-state index contributed by atoms with van der Waals surface area (Å²) in [6, 6.07) is 8.33. The highest BCUT2D eigenvalue weighted by Gasteiger charge is 2.27. The van der Waals surface area contributed by atoms with E-state index >= 15 is 0 Å². The maximum Gasteiger partial charge on any atom is 0.274 e. The van der Waals surface area contributed by atoms with Crippen LogP contribution in [0, 0.1) is 6.92 Å². The van der Waals surface area contributed by atoms with E-state index in [1.807, 2.05) is 36.1 Å². The largest absolute Gasteiger partial charge is 0.339 e. The van der Waals surface area contributed by atoms with E-state index in [1.54, 1.807) is 12.4 Å². The van der Waals surface area contributed by atoms with Crippen molar-refractivity contribution in [3.8, 4) is 0 Å². The molecule has 1 aliphatic heterocycles. The first kappa shape index (κ1) is 16.4. The molecule has 0 saturated carbocycles. The normalized spacial score (nSPS) is 17.6. The average molecular weight is 324 g/mol. The van der Waals surface area contributed by atoms with Gasteiger partial charge in [0.1, 0.15) is 11.5 Å². The summed E-state index contributed by atoms with van der Waals surface area (Å²) in [5.41, 5.74) is 2.55. The minimum absolute atomic E-state index is 0.00325. The van der Waals surface area contributed by atoms with Gasteiger partial charge in [0.2, 0.25) is 0 Å². The number of amides is 1. The predicted octanol–water partition coefficient (Wildman–Crippen LogP) is 3.93. The van der Waals surface area contributed by atoms with Gasteiger partial charge in [0.05, 0.1) is 12.4 Å². The topological polar surface area (TPSA) is 58.1 Å². The standard InChI is InChI=1S/C19H24N4O/c1-3-15-9-6-7-11-23(15)19(24)17-12-21-18(13-20-17)22-16-10-5-4-8-14(16)2/h4-5,8,10,12-13,15H,3,6-7,9,11H2,1-2H3,(H,21,22). The van der Waals surface area contributed by atoms with Crippen LogP contribution < -0.4 is 5.32 Å². The van der Waals surface area contributed by atoms with Crippen molar-refractivity contribution in [2.75, 3.05) is 11.9 Å². The fourth-order valence-electron chi connectivity index (χ4n) is 3.19. The Hall–Kier alpha value is -2.43. The van der Waals surface area contributed by atoms with Crippen molar-refractivity contribution in [1.82, 2.24) is 14.9 Å². The van der Waals surface area contributed by atoms with Gasteiger partial charge in [-0.05, 0) is 44.2 Å². The Labute approximate surface area is 143 Å². The van der Waals surface area contributed by atoms with Crippen LogP contribution in [0.4, 0.5) is 11.5 Å². The third-order valence-corrected chi connectivity index (χ3v) is 4.64. The van der Waals surface area contributed by atoms with Crippen LogP contribution in [-0.4, -0.2) is 33.4 Å². The molecular formula is C19H24N4O. The van der Waals surface area contributed by atoms with Crippen LogP contribution in [0.25, 0.3) is 0 Å². The predicted molar refractivity (Wildman–Crippen MR) is 95.5 cm³/mol. The van der Waals surface area contributed by atoms with E-state index in [2.05, 4.69) is 22.2 Å². The van der Waals surface area contributed by atoms with Crippen LogP contribution >= 0.6 is 0 Å². The van der Waals surface area contributed by atoms with E-state index in [4.69, 9.17) is 0 Å². The zero-order chi connectivity index (χ0) is 16.9. The SMILES string of the molecule is CCC1CCCCN1C(=O)c1cnc(Nc2ccccc2C)cn1. The van der Waals surface area contributed by atoms with E-state index in [1.165, 1.54) is 6.42 Å². The quantitative estimate of drug-likeness (QED) is 0.925. The minimum Gasteiger partial charge on any atom is -0.339 e. The van der Waals surface area contributed by atoms with Gasteiger partial charge in [0.25, 0.3) is 5.91 Å². The molecule has 1 fully saturated rings. The highest BCUT2D eigenvalue weighted by atomic mass is 16.2. The Morgan fingerprint density at radius 1 is 1.25 bits per heavy atom. The van der Waals surface area contributed by atoms with Crippen molar-refractivity contribution in [3.05, 3.63) is 47.9 Å². The molecule has 0 radical (unpaired) electrons. The number of nitrogens with zero attached hydrogens (tertiary/aromatic N) is 3. The van der Waals surface area contributed by atoms with E-state index in [0.717, 1.165) is 37.1 Å². The van der Waals surface area contributed by atoms with Crippen LogP contribution in [0.1, 0.15) is 48.7 Å². The van der Waals surface area contributed by atoms with Gasteiger partial charge in [-0.15, -0.1) is 0 Å². The second kappa shape index (κ2) is 7.43. The Balaban J connectivity index is 1.72. The maximum atomic E-state index is 12.7. The van der Waals surface area contributed by atoms with E-state index in [9.17, 15) is 4.79 Å². The fraction of sp³-hybridized carbons (Fsp3) is 0.421. The number of hydrogen-bond donors (Lipinski definition) is 1. The first-order chi connectivity index (χ1) is 11.7. The lowest BCUT2D eigenvalue weighted by atomic mass is 10.00. The summed E-state index contributed by atoms with van der Waals surface area (Å²) < 4.78 is 0. The molecule has 0 bridgehead atoms. The van der Waals surface area contributed by atoms with Crippen LogP contribution in [-0.2, 0) is 0 Å². The number of carbonyl (C=O) groups excluding carboxylic acids is 1. The first-order valence-corrected chi connectivity index (χ1v) is 8.64. The number of nitrogens with one attached hydrogen (secondary N) is 1. The average Bonchev–Trinajstić information content (AvgIpc) is 2.63. The summed E-state index contributed by atoms with van der Waals surface area (Å²) in [7, 11) is 0. The van der Waals surface area contributed by atoms with Crippen molar-refractivity contribution >= 4 is 17.4 Å². The van der Waals surface area contributed by atoms with Crippen LogP contribution in [0.2, 0.25) is 0 Å². The number of piperidine rings is 1. The van der Waals surface area contributed by atoms with Crippen LogP contribution in [0.3, 0.4) is 0 Å². The number of aromatic nitrogens is 2. The van der Waals surface area contributed by atoms with E-state index < -0.39 is 0 Å². The number of carbonyl (C=O) groups is 1. The van der Waals surface area contributed by atoms with Crippen molar-refractivity contribution in [2.24, 2.45) is 0 Å². The third kappa shape index (κ3) is 3.55. The van der Waals surface area contributed by atoms with Gasteiger partial charge in [-0.25, -0.2) is 9.97 Å². The molecule has 2 aromatic rings. The maximum absolute atomic E-state index is 12.7. The molecular weight excluding hydrogens is 300 g/mol. The fourth-order valence-corrected chi connectivity index (χ4v) is 3.19. The Morgan fingerprint density at radius 3 is 2.79 bits per heavy atom. The molecule has 1 atom stereocenters. The van der Waals surface area contributed by atoms with Crippen LogP contribution in [0.5, 0.6) is 0 Å². The summed E-state index contributed by atoms with van der Waals surface area (Å²) in [6.07, 6.45) is 7.55. The zero-order valence-electron chi connectivity index (χ0n) is 14.3. The molecule has 126 valence electrons. The number of rotatable bonds is 4. The molecule has 1 N–H and O–H groups in total. The molecule has 5 nitrogen and oxygen atoms in total. The summed E-state index contributed by atoms with van der Waals surface area (Å²) in [6.45, 7) is 4.99. The molecule has 24 heavy (non-hydrogen) atoms. The highest BCUT2D eigenvalue weighted by molar-refractivity contribution is 5.92. The summed E-state index contributed by atoms with van der Waals surface area (Å²) in [5, 5.41) is 3.24. The zero-order valence-corrected chi connectivity index (χ0v) is 14.3. The second-order valence-electron chi connectivity index (χ2n) is 6.28. The first-order valence-electron chi connectivity index (χ1n) is 8.64. The Bertz CT molecular complexity index is 699. The van der Waals surface area contributed by atoms with Crippen molar-refractivity contribution in [3.63, 3.8) is 0 Å². The summed E-state index contributed by atoms with van der Waals surface area (Å²) in [5.74, 6) is 0.642. The molecule has 1 amide bonds. The number of likely N-dealkylation sites (tertiary alicyclic amines) is 1. The smallest absolute Gasteiger partial charge is 0.274 e. The second-order valence-corrected chi connectivity index (χ2v) is 6.28. The molecule has 1 aromatic carbocycles. The highest BCUT2D eigenvalue weighted by Crippen LogP contribution is 2.22. The lowest BCUT2D eigenvalue weighted by Gasteiger charge is -2.34. The molecule has 1 unspecified atom stereocenters. The van der Waals surface area contributed by atoms with Gasteiger partial charge < -0.3 is 10.2 Å². The molecule has 1 aliphatic rings. The molecule has 0 aliphatic carbocycles. The molecule has 1 saturated heterocycles. The molecule has 5 heteroatoms. The van der Waals surface area contributed by atoms with Crippen molar-refractivity contribution in [2.45, 2.75) is 45.6 Å². The molecule has 3 rings (SSSR count). The van der Waals surface area contributed by atoms with Crippen molar-refractivity contribution < 1.29 is 4.79 Å². The number of hydrogen-bond acceptors (Lipinski definition) is 4. The van der Waals surface area contributed by atoms with E-state index in [0.29, 0.717) is 17.6 Å². The van der Waals surface area contributed by atoms with Gasteiger partial charge in [-0.3, -0.25) is 4.79 Å². The van der Waals surface area contributed by atoms with Gasteiger partial charge >= 0.3 is 0 Å². The minimum atomic E-state index is -0.00325. The van der Waals surface area contributed by atoms with Gasteiger partial charge in [0, 0.05) is 18.3 Å². The number of aryl methyl sites for hydroxylation is 1. The number of anilines is 2. The monoisotopic (exact) mass is 324 g/mol. The van der Waals surface area contributed by atoms with Crippen LogP contribution in [0.15, 0.2) is 36.7 Å². The van der Waals surface area contributed by atoms with Gasteiger partial charge in [0.15, 0.2) is 0 Å². The lowest BCUT2D eigenvalue weighted by molar-refractivity contribution is 0.0601. The number of para-hydroxylation sites is 1. The van der Waals surface area contributed by atoms with Gasteiger partial charge in [-0.2, -0.15) is 0 Å². The molecule has 1 aromatic heterocycles. The lowest BCUT2D eigenvalue weighted by Crippen LogP contribution is -2.43. The van der Waals surface area contributed by atoms with Gasteiger partial charge in [-0.1, -0.05) is 25.1 Å². The number of benzene rings is 1. The molecule has 2 heterocycles. The summed E-state index contributed by atoms with van der Waals surface area (Å²) >= 11 is 0. The van der Waals surface area contributed by atoms with E-state index in [-0.39, 0.29) is 5.91 Å². The summed E-state index contributed by atoms with van der Waals surface area (Å²) in [4.78, 5) is 23.3.